The fraction of sp³-hybridized carbons (Fsp3) is 0.875. The number of hydrogen-bond donors (Lipinski definition) is 1. The number of nitrogens with zero attached hydrogens (tertiary/aromatic N) is 2. The third-order valence-electron chi connectivity index (χ3n) is 4.52. The molecule has 120 valence electrons. The number of carbonyl (C=O) groups excluding carboxylic acids is 1. The number of amides is 1. The minimum absolute atomic E-state index is 0.00525. The molecule has 21 heavy (non-hydrogen) atoms. The number of carbonyl (C=O) groups is 1. The second-order valence-corrected chi connectivity index (χ2v) is 6.98. The van der Waals surface area contributed by atoms with Gasteiger partial charge >= 0.3 is 0 Å². The van der Waals surface area contributed by atoms with E-state index < -0.39 is 5.54 Å². The normalized spacial score (nSPS) is 27.5. The summed E-state index contributed by atoms with van der Waals surface area (Å²) in [5.41, 5.74) is 5.10. The van der Waals surface area contributed by atoms with Gasteiger partial charge in [-0.2, -0.15) is 0 Å². The van der Waals surface area contributed by atoms with E-state index in [0.29, 0.717) is 31.0 Å². The Labute approximate surface area is 127 Å². The van der Waals surface area contributed by atoms with E-state index in [0.717, 1.165) is 6.42 Å². The van der Waals surface area contributed by atoms with Crippen LogP contribution in [0.2, 0.25) is 0 Å². The highest BCUT2D eigenvalue weighted by Gasteiger charge is 2.48. The maximum Gasteiger partial charge on any atom is 0.259 e. The van der Waals surface area contributed by atoms with Gasteiger partial charge in [0.1, 0.15) is 0 Å². The van der Waals surface area contributed by atoms with Gasteiger partial charge in [0.15, 0.2) is 11.5 Å². The molecule has 0 saturated heterocycles. The van der Waals surface area contributed by atoms with Crippen LogP contribution in [0.4, 0.5) is 0 Å². The Kier molecular flexibility index (Phi) is 5.25. The van der Waals surface area contributed by atoms with E-state index in [1.165, 1.54) is 37.0 Å². The molecule has 1 heterocycles. The summed E-state index contributed by atoms with van der Waals surface area (Å²) in [7, 11) is 1.70. The summed E-state index contributed by atoms with van der Waals surface area (Å²) >= 11 is 0. The van der Waals surface area contributed by atoms with Crippen molar-refractivity contribution in [2.24, 2.45) is 22.6 Å². The van der Waals surface area contributed by atoms with Crippen LogP contribution in [0, 0.1) is 11.8 Å². The van der Waals surface area contributed by atoms with E-state index in [4.69, 9.17) is 10.5 Å². The molecule has 1 unspecified atom stereocenters. The lowest BCUT2D eigenvalue weighted by Crippen LogP contribution is -2.46. The van der Waals surface area contributed by atoms with Crippen molar-refractivity contribution < 1.29 is 9.53 Å². The topological polar surface area (TPSA) is 67.9 Å². The Morgan fingerprint density at radius 1 is 1.38 bits per heavy atom. The Morgan fingerprint density at radius 3 is 2.57 bits per heavy atom. The zero-order chi connectivity index (χ0) is 15.5. The summed E-state index contributed by atoms with van der Waals surface area (Å²) in [6.07, 6.45) is 6.99. The molecule has 0 radical (unpaired) electrons. The number of likely N-dealkylation sites (N-methyl/N-ethyl adjacent to an activating group) is 1. The highest BCUT2D eigenvalue weighted by Crippen LogP contribution is 2.35. The van der Waals surface area contributed by atoms with Crippen molar-refractivity contribution >= 4 is 11.9 Å². The molecule has 2 N–H and O–H groups in total. The molecule has 0 aromatic heterocycles. The van der Waals surface area contributed by atoms with Gasteiger partial charge in [0, 0.05) is 13.7 Å². The van der Waals surface area contributed by atoms with Gasteiger partial charge < -0.3 is 10.5 Å². The highest BCUT2D eigenvalue weighted by atomic mass is 16.5. The van der Waals surface area contributed by atoms with Crippen LogP contribution in [0.1, 0.15) is 52.4 Å². The first-order valence-corrected chi connectivity index (χ1v) is 8.16. The lowest BCUT2D eigenvalue weighted by molar-refractivity contribution is -0.133. The van der Waals surface area contributed by atoms with E-state index in [2.05, 4.69) is 18.8 Å². The zero-order valence-corrected chi connectivity index (χ0v) is 13.6. The van der Waals surface area contributed by atoms with Crippen LogP contribution >= 0.6 is 0 Å². The van der Waals surface area contributed by atoms with Gasteiger partial charge in [0.2, 0.25) is 0 Å². The monoisotopic (exact) mass is 295 g/mol. The Hall–Kier alpha value is -1.10. The summed E-state index contributed by atoms with van der Waals surface area (Å²) < 4.78 is 5.78. The van der Waals surface area contributed by atoms with Gasteiger partial charge in [-0.15, -0.1) is 0 Å². The van der Waals surface area contributed by atoms with Crippen LogP contribution in [0.3, 0.4) is 0 Å². The van der Waals surface area contributed by atoms with Crippen molar-refractivity contribution in [3.63, 3.8) is 0 Å². The Bertz CT molecular complexity index is 402. The highest BCUT2D eigenvalue weighted by molar-refractivity contribution is 6.06. The van der Waals surface area contributed by atoms with Crippen molar-refractivity contribution in [1.29, 1.82) is 0 Å². The van der Waals surface area contributed by atoms with Crippen molar-refractivity contribution in [1.82, 2.24) is 4.90 Å². The molecule has 1 atom stereocenters. The van der Waals surface area contributed by atoms with E-state index in [9.17, 15) is 4.79 Å². The van der Waals surface area contributed by atoms with E-state index >= 15 is 0 Å². The third kappa shape index (κ3) is 3.76. The third-order valence-corrected chi connectivity index (χ3v) is 4.52. The number of guanidine groups is 1. The molecular weight excluding hydrogens is 266 g/mol. The molecule has 0 aromatic carbocycles. The molecular formula is C16H29N3O2. The minimum atomic E-state index is -0.782. The van der Waals surface area contributed by atoms with Crippen LogP contribution in [-0.4, -0.2) is 42.6 Å². The average Bonchev–Trinajstić information content (AvgIpc) is 2.64. The molecule has 0 bridgehead atoms. The number of nitrogens with two attached hydrogens (primary N) is 1. The lowest BCUT2D eigenvalue weighted by atomic mass is 9.79. The molecule has 0 aromatic rings. The lowest BCUT2D eigenvalue weighted by Gasteiger charge is -2.31. The summed E-state index contributed by atoms with van der Waals surface area (Å²) in [6.45, 7) is 5.21. The fourth-order valence-electron chi connectivity index (χ4n) is 3.38. The summed E-state index contributed by atoms with van der Waals surface area (Å²) in [4.78, 5) is 18.6. The predicted molar refractivity (Wildman–Crippen MR) is 84.0 cm³/mol. The molecule has 2 rings (SSSR count). The van der Waals surface area contributed by atoms with Crippen molar-refractivity contribution in [3.05, 3.63) is 0 Å². The van der Waals surface area contributed by atoms with Gasteiger partial charge in [-0.3, -0.25) is 9.69 Å². The van der Waals surface area contributed by atoms with Gasteiger partial charge in [-0.05, 0) is 18.3 Å². The smallest absolute Gasteiger partial charge is 0.259 e. The first kappa shape index (κ1) is 16.3. The minimum Gasteiger partial charge on any atom is -0.378 e. The second-order valence-electron chi connectivity index (χ2n) is 6.98. The molecule has 1 aliphatic heterocycles. The van der Waals surface area contributed by atoms with Crippen molar-refractivity contribution in [3.8, 4) is 0 Å². The maximum atomic E-state index is 12.6. The van der Waals surface area contributed by atoms with Crippen LogP contribution in [0.5, 0.6) is 0 Å². The molecule has 5 nitrogen and oxygen atoms in total. The molecule has 1 fully saturated rings. The van der Waals surface area contributed by atoms with E-state index in [1.807, 2.05) is 0 Å². The van der Waals surface area contributed by atoms with Crippen molar-refractivity contribution in [2.45, 2.75) is 57.9 Å². The van der Waals surface area contributed by atoms with Crippen molar-refractivity contribution in [2.75, 3.05) is 20.3 Å². The number of hydrogen-bond acceptors (Lipinski definition) is 4. The van der Waals surface area contributed by atoms with Crippen LogP contribution in [0.15, 0.2) is 4.99 Å². The van der Waals surface area contributed by atoms with Crippen LogP contribution in [0.25, 0.3) is 0 Å². The van der Waals surface area contributed by atoms with Gasteiger partial charge in [-0.25, -0.2) is 4.99 Å². The predicted octanol–water partition coefficient (Wildman–Crippen LogP) is 2.15. The summed E-state index contributed by atoms with van der Waals surface area (Å²) in [6, 6.07) is 0. The Balaban J connectivity index is 2.08. The van der Waals surface area contributed by atoms with Gasteiger partial charge in [-0.1, -0.05) is 46.0 Å². The molecule has 1 saturated carbocycles. The maximum absolute atomic E-state index is 12.6. The molecule has 1 aliphatic carbocycles. The van der Waals surface area contributed by atoms with Crippen LogP contribution < -0.4 is 5.73 Å². The number of ether oxygens (including phenoxy) is 1. The number of aliphatic imine (C=N–C) groups is 1. The summed E-state index contributed by atoms with van der Waals surface area (Å²) in [5, 5.41) is 0. The SMILES string of the molecule is CC(C)COCC1(CC2CCCCC2)N=C(N)N(C)C1=O. The van der Waals surface area contributed by atoms with Crippen LogP contribution in [-0.2, 0) is 9.53 Å². The first-order chi connectivity index (χ1) is 9.94. The van der Waals surface area contributed by atoms with E-state index in [-0.39, 0.29) is 5.91 Å². The van der Waals surface area contributed by atoms with Gasteiger partial charge in [0.05, 0.1) is 6.61 Å². The second kappa shape index (κ2) is 6.77. The quantitative estimate of drug-likeness (QED) is 0.816. The average molecular weight is 295 g/mol. The standard InChI is InChI=1S/C16H29N3O2/c1-12(2)10-21-11-16(9-13-7-5-4-6-8-13)14(20)19(3)15(17)18-16/h12-13H,4-11H2,1-3H3,(H2,17,18). The summed E-state index contributed by atoms with van der Waals surface area (Å²) in [5.74, 6) is 1.33. The van der Waals surface area contributed by atoms with Gasteiger partial charge in [0.25, 0.3) is 5.91 Å². The first-order valence-electron chi connectivity index (χ1n) is 8.16. The molecule has 1 amide bonds. The molecule has 2 aliphatic rings. The number of rotatable bonds is 6. The molecule has 0 spiro atoms. The Morgan fingerprint density at radius 2 is 2.05 bits per heavy atom. The molecule has 5 heteroatoms. The zero-order valence-electron chi connectivity index (χ0n) is 13.6. The van der Waals surface area contributed by atoms with E-state index in [1.54, 1.807) is 7.05 Å². The fourth-order valence-corrected chi connectivity index (χ4v) is 3.38. The largest absolute Gasteiger partial charge is 0.378 e.